The smallest absolute Gasteiger partial charge is 0.0806 e. The second-order valence-electron chi connectivity index (χ2n) is 6.76. The molecule has 0 amide bonds. The third-order valence-corrected chi connectivity index (χ3v) is 5.15. The normalized spacial score (nSPS) is 21.9. The van der Waals surface area contributed by atoms with E-state index in [1.54, 1.807) is 0 Å². The monoisotopic (exact) mass is 329 g/mol. The van der Waals surface area contributed by atoms with E-state index in [1.165, 1.54) is 22.3 Å². The van der Waals surface area contributed by atoms with E-state index in [4.69, 9.17) is 0 Å². The molecule has 0 fully saturated rings. The molecule has 1 unspecified atom stereocenters. The Hall–Kier alpha value is -2.42. The Morgan fingerprint density at radius 2 is 1.24 bits per heavy atom. The zero-order chi connectivity index (χ0) is 17.1. The molecular weight excluding hydrogens is 306 g/mol. The van der Waals surface area contributed by atoms with Crippen molar-refractivity contribution in [1.29, 1.82) is 0 Å². The molecular formula is C23H23NO. The van der Waals surface area contributed by atoms with E-state index in [2.05, 4.69) is 66.0 Å². The Kier molecular flexibility index (Phi) is 4.64. The van der Waals surface area contributed by atoms with Crippen LogP contribution in [0.5, 0.6) is 0 Å². The Morgan fingerprint density at radius 3 is 1.92 bits per heavy atom. The van der Waals surface area contributed by atoms with Gasteiger partial charge in [-0.2, -0.15) is 0 Å². The van der Waals surface area contributed by atoms with Crippen molar-refractivity contribution in [2.45, 2.75) is 31.0 Å². The topological polar surface area (TPSA) is 32.3 Å². The third-order valence-electron chi connectivity index (χ3n) is 5.15. The lowest BCUT2D eigenvalue weighted by molar-refractivity contribution is 0.114. The molecule has 0 saturated heterocycles. The summed E-state index contributed by atoms with van der Waals surface area (Å²) < 4.78 is 0. The molecule has 2 nitrogen and oxygen atoms in total. The molecule has 3 aromatic carbocycles. The average Bonchev–Trinajstić information content (AvgIpc) is 2.93. The fourth-order valence-corrected chi connectivity index (χ4v) is 3.89. The van der Waals surface area contributed by atoms with Gasteiger partial charge in [-0.1, -0.05) is 84.9 Å². The maximum atomic E-state index is 11.0. The first-order valence-corrected chi connectivity index (χ1v) is 8.91. The minimum absolute atomic E-state index is 0.0230. The molecule has 2 N–H and O–H groups in total. The van der Waals surface area contributed by atoms with Gasteiger partial charge in [0.1, 0.15) is 0 Å². The first kappa shape index (κ1) is 16.1. The number of hydrogen-bond acceptors (Lipinski definition) is 2. The van der Waals surface area contributed by atoms with Crippen molar-refractivity contribution < 1.29 is 5.11 Å². The van der Waals surface area contributed by atoms with Crippen molar-refractivity contribution in [2.24, 2.45) is 0 Å². The van der Waals surface area contributed by atoms with Crippen molar-refractivity contribution in [1.82, 2.24) is 5.32 Å². The minimum Gasteiger partial charge on any atom is -0.390 e. The summed E-state index contributed by atoms with van der Waals surface area (Å²) >= 11 is 0. The largest absolute Gasteiger partial charge is 0.390 e. The summed E-state index contributed by atoms with van der Waals surface area (Å²) in [6.45, 7) is 0.759. The maximum Gasteiger partial charge on any atom is 0.0806 e. The molecule has 25 heavy (non-hydrogen) atoms. The molecule has 0 aliphatic heterocycles. The summed E-state index contributed by atoms with van der Waals surface area (Å²) in [7, 11) is 0. The summed E-state index contributed by atoms with van der Waals surface area (Å²) in [5.41, 5.74) is 5.00. The van der Waals surface area contributed by atoms with Crippen LogP contribution in [-0.2, 0) is 13.0 Å². The van der Waals surface area contributed by atoms with Crippen LogP contribution in [0.25, 0.3) is 0 Å². The predicted octanol–water partition coefficient (Wildman–Crippen LogP) is 4.22. The van der Waals surface area contributed by atoms with Crippen LogP contribution in [0.2, 0.25) is 0 Å². The van der Waals surface area contributed by atoms with Crippen LogP contribution >= 0.6 is 0 Å². The van der Waals surface area contributed by atoms with Crippen LogP contribution in [0.15, 0.2) is 84.9 Å². The van der Waals surface area contributed by atoms with E-state index in [1.807, 2.05) is 24.3 Å². The number of rotatable bonds is 5. The van der Waals surface area contributed by atoms with Crippen LogP contribution in [0, 0.1) is 0 Å². The Labute approximate surface area is 149 Å². The van der Waals surface area contributed by atoms with Gasteiger partial charge in [0.15, 0.2) is 0 Å². The maximum absolute atomic E-state index is 11.0. The van der Waals surface area contributed by atoms with E-state index in [0.29, 0.717) is 0 Å². The molecule has 0 bridgehead atoms. The molecule has 0 saturated carbocycles. The summed E-state index contributed by atoms with van der Waals surface area (Å²) in [6, 6.07) is 29.2. The molecule has 126 valence electrons. The molecule has 2 heteroatoms. The first-order chi connectivity index (χ1) is 12.3. The van der Waals surface area contributed by atoms with E-state index < -0.39 is 6.10 Å². The highest BCUT2D eigenvalue weighted by molar-refractivity contribution is 5.41. The minimum atomic E-state index is -0.415. The van der Waals surface area contributed by atoms with Crippen LogP contribution in [0.1, 0.15) is 34.2 Å². The molecule has 3 aromatic rings. The van der Waals surface area contributed by atoms with Gasteiger partial charge in [0.05, 0.1) is 12.1 Å². The van der Waals surface area contributed by atoms with Crippen LogP contribution < -0.4 is 5.32 Å². The lowest BCUT2D eigenvalue weighted by Crippen LogP contribution is -2.30. The Morgan fingerprint density at radius 1 is 0.680 bits per heavy atom. The number of nitrogens with one attached hydrogen (secondary N) is 1. The van der Waals surface area contributed by atoms with Gasteiger partial charge >= 0.3 is 0 Å². The Bertz CT molecular complexity index is 816. The Balaban J connectivity index is 1.56. The molecule has 0 aromatic heterocycles. The third kappa shape index (κ3) is 3.37. The lowest BCUT2D eigenvalue weighted by atomic mass is 9.92. The summed E-state index contributed by atoms with van der Waals surface area (Å²) in [4.78, 5) is 0. The van der Waals surface area contributed by atoms with Gasteiger partial charge in [0, 0.05) is 12.5 Å². The summed E-state index contributed by atoms with van der Waals surface area (Å²) in [5, 5.41) is 14.6. The van der Waals surface area contributed by atoms with E-state index >= 15 is 0 Å². The highest BCUT2D eigenvalue weighted by atomic mass is 16.3. The van der Waals surface area contributed by atoms with Crippen LogP contribution in [-0.4, -0.2) is 11.2 Å². The van der Waals surface area contributed by atoms with E-state index in [0.717, 1.165) is 13.0 Å². The molecule has 0 heterocycles. The standard InChI is InChI=1S/C23H23NO/c25-23-21(15-17-9-3-1-4-10-17)19-13-7-8-14-20(19)22(23)24-16-18-11-5-2-6-12-18/h1-14,21-25H,15-16H2/t21-,22+,23?/m0/s1. The van der Waals surface area contributed by atoms with Gasteiger partial charge in [-0.15, -0.1) is 0 Å². The second kappa shape index (κ2) is 7.22. The lowest BCUT2D eigenvalue weighted by Gasteiger charge is -2.22. The molecule has 3 atom stereocenters. The average molecular weight is 329 g/mol. The van der Waals surface area contributed by atoms with Crippen LogP contribution in [0.4, 0.5) is 0 Å². The van der Waals surface area contributed by atoms with Gasteiger partial charge in [0.25, 0.3) is 0 Å². The number of aliphatic hydroxyl groups is 1. The van der Waals surface area contributed by atoms with Crippen molar-refractivity contribution >= 4 is 0 Å². The van der Waals surface area contributed by atoms with Crippen molar-refractivity contribution in [3.63, 3.8) is 0 Å². The predicted molar refractivity (Wildman–Crippen MR) is 101 cm³/mol. The molecule has 1 aliphatic rings. The van der Waals surface area contributed by atoms with Gasteiger partial charge in [-0.25, -0.2) is 0 Å². The van der Waals surface area contributed by atoms with Crippen molar-refractivity contribution in [3.8, 4) is 0 Å². The fraction of sp³-hybridized carbons (Fsp3) is 0.217. The highest BCUT2D eigenvalue weighted by Crippen LogP contribution is 2.42. The fourth-order valence-electron chi connectivity index (χ4n) is 3.89. The van der Waals surface area contributed by atoms with Gasteiger partial charge in [0.2, 0.25) is 0 Å². The summed E-state index contributed by atoms with van der Waals surface area (Å²) in [5.74, 6) is 0.131. The first-order valence-electron chi connectivity index (χ1n) is 8.91. The number of hydrogen-bond donors (Lipinski definition) is 2. The van der Waals surface area contributed by atoms with Crippen molar-refractivity contribution in [2.75, 3.05) is 0 Å². The van der Waals surface area contributed by atoms with Gasteiger partial charge < -0.3 is 10.4 Å². The second-order valence-corrected chi connectivity index (χ2v) is 6.76. The van der Waals surface area contributed by atoms with Crippen LogP contribution in [0.3, 0.4) is 0 Å². The summed E-state index contributed by atoms with van der Waals surface area (Å²) in [6.07, 6.45) is 0.448. The number of aliphatic hydroxyl groups excluding tert-OH is 1. The van der Waals surface area contributed by atoms with Gasteiger partial charge in [-0.3, -0.25) is 0 Å². The van der Waals surface area contributed by atoms with E-state index in [9.17, 15) is 5.11 Å². The molecule has 1 aliphatic carbocycles. The van der Waals surface area contributed by atoms with E-state index in [-0.39, 0.29) is 12.0 Å². The highest BCUT2D eigenvalue weighted by Gasteiger charge is 2.38. The van der Waals surface area contributed by atoms with Gasteiger partial charge in [-0.05, 0) is 28.7 Å². The zero-order valence-electron chi connectivity index (χ0n) is 14.2. The number of fused-ring (bicyclic) bond motifs is 1. The number of benzene rings is 3. The zero-order valence-corrected chi connectivity index (χ0v) is 14.2. The quantitative estimate of drug-likeness (QED) is 0.734. The molecule has 0 spiro atoms. The SMILES string of the molecule is OC1[C@H](NCc2ccccc2)c2ccccc2[C@@H]1Cc1ccccc1. The molecule has 0 radical (unpaired) electrons. The van der Waals surface area contributed by atoms with Crippen molar-refractivity contribution in [3.05, 3.63) is 107 Å². The molecule has 4 rings (SSSR count).